The molecule has 1 aromatic carbocycles. The Labute approximate surface area is 114 Å². The summed E-state index contributed by atoms with van der Waals surface area (Å²) in [6.45, 7) is 2.74. The van der Waals surface area contributed by atoms with Gasteiger partial charge in [0.05, 0.1) is 21.1 Å². The number of aromatic nitrogens is 1. The van der Waals surface area contributed by atoms with Crippen LogP contribution in [0, 0.1) is 11.3 Å². The lowest BCUT2D eigenvalue weighted by molar-refractivity contribution is 0.704. The Morgan fingerprint density at radius 3 is 2.59 bits per heavy atom. The van der Waals surface area contributed by atoms with Crippen molar-refractivity contribution < 1.29 is 0 Å². The molecule has 0 spiro atoms. The fraction of sp³-hybridized carbons (Fsp3) is 0.250. The van der Waals surface area contributed by atoms with Crippen molar-refractivity contribution in [2.24, 2.45) is 0 Å². The van der Waals surface area contributed by atoms with Crippen LogP contribution in [0.2, 0.25) is 15.2 Å². The molecule has 5 heteroatoms. The highest BCUT2D eigenvalue weighted by atomic mass is 35.5. The minimum absolute atomic E-state index is 0.425. The average molecular weight is 288 g/mol. The van der Waals surface area contributed by atoms with Crippen LogP contribution < -0.4 is 0 Å². The van der Waals surface area contributed by atoms with Gasteiger partial charge in [-0.2, -0.15) is 5.26 Å². The van der Waals surface area contributed by atoms with E-state index in [1.54, 1.807) is 12.1 Å². The number of rotatable bonds is 2. The van der Waals surface area contributed by atoms with Gasteiger partial charge in [-0.25, -0.2) is 0 Å². The molecule has 1 aromatic heterocycles. The van der Waals surface area contributed by atoms with E-state index in [0.717, 1.165) is 17.3 Å². The van der Waals surface area contributed by atoms with Crippen LogP contribution in [0.15, 0.2) is 12.1 Å². The molecule has 0 N–H and O–H groups in total. The molecular weight excluding hydrogens is 279 g/mol. The molecule has 0 bridgehead atoms. The fourth-order valence-electron chi connectivity index (χ4n) is 1.89. The van der Waals surface area contributed by atoms with Crippen molar-refractivity contribution in [1.29, 1.82) is 5.26 Å². The van der Waals surface area contributed by atoms with E-state index in [2.05, 4.69) is 6.07 Å². The molecule has 0 saturated heterocycles. The van der Waals surface area contributed by atoms with Gasteiger partial charge in [-0.15, -0.1) is 0 Å². The molecule has 0 aliphatic heterocycles. The second kappa shape index (κ2) is 4.78. The number of hydrogen-bond acceptors (Lipinski definition) is 1. The van der Waals surface area contributed by atoms with Crippen LogP contribution in [0.5, 0.6) is 0 Å². The van der Waals surface area contributed by atoms with Crippen LogP contribution in [0.4, 0.5) is 0 Å². The van der Waals surface area contributed by atoms with Crippen molar-refractivity contribution in [3.05, 3.63) is 32.9 Å². The molecule has 0 unspecified atom stereocenters. The zero-order valence-corrected chi connectivity index (χ0v) is 11.4. The highest BCUT2D eigenvalue weighted by Gasteiger charge is 2.18. The Kier molecular flexibility index (Phi) is 3.53. The van der Waals surface area contributed by atoms with Crippen molar-refractivity contribution in [3.63, 3.8) is 0 Å². The second-order valence-electron chi connectivity index (χ2n) is 3.69. The van der Waals surface area contributed by atoms with E-state index in [9.17, 15) is 0 Å². The molecule has 17 heavy (non-hydrogen) atoms. The van der Waals surface area contributed by atoms with Gasteiger partial charge >= 0.3 is 0 Å². The molecule has 0 aliphatic rings. The normalized spacial score (nSPS) is 10.8. The summed E-state index contributed by atoms with van der Waals surface area (Å²) in [6, 6.07) is 5.57. The van der Waals surface area contributed by atoms with Crippen LogP contribution >= 0.6 is 34.8 Å². The van der Waals surface area contributed by atoms with Crippen molar-refractivity contribution in [2.75, 3.05) is 0 Å². The third kappa shape index (κ3) is 1.89. The van der Waals surface area contributed by atoms with Gasteiger partial charge < -0.3 is 4.57 Å². The minimum Gasteiger partial charge on any atom is -0.329 e. The van der Waals surface area contributed by atoms with E-state index >= 15 is 0 Å². The Morgan fingerprint density at radius 1 is 1.29 bits per heavy atom. The summed E-state index contributed by atoms with van der Waals surface area (Å²) in [5, 5.41) is 11.2. The largest absolute Gasteiger partial charge is 0.329 e. The van der Waals surface area contributed by atoms with Gasteiger partial charge in [-0.1, -0.05) is 41.7 Å². The van der Waals surface area contributed by atoms with Crippen molar-refractivity contribution in [2.45, 2.75) is 19.9 Å². The van der Waals surface area contributed by atoms with Gasteiger partial charge in [0.2, 0.25) is 0 Å². The van der Waals surface area contributed by atoms with E-state index in [1.165, 1.54) is 0 Å². The van der Waals surface area contributed by atoms with Crippen LogP contribution in [0.1, 0.15) is 18.9 Å². The summed E-state index contributed by atoms with van der Waals surface area (Å²) >= 11 is 18.4. The number of nitriles is 1. The number of hydrogen-bond donors (Lipinski definition) is 0. The number of nitrogens with zero attached hydrogens (tertiary/aromatic N) is 2. The van der Waals surface area contributed by atoms with E-state index in [4.69, 9.17) is 40.1 Å². The quantitative estimate of drug-likeness (QED) is 0.773. The highest BCUT2D eigenvalue weighted by Crippen LogP contribution is 2.37. The maximum atomic E-state index is 9.13. The van der Waals surface area contributed by atoms with Crippen LogP contribution in [-0.2, 0) is 6.54 Å². The van der Waals surface area contributed by atoms with E-state index in [-0.39, 0.29) is 0 Å². The zero-order valence-electron chi connectivity index (χ0n) is 9.10. The van der Waals surface area contributed by atoms with Crippen LogP contribution in [0.3, 0.4) is 0 Å². The first-order valence-corrected chi connectivity index (χ1v) is 6.31. The van der Waals surface area contributed by atoms with Gasteiger partial charge in [-0.05, 0) is 18.6 Å². The second-order valence-corrected chi connectivity index (χ2v) is 4.83. The Morgan fingerprint density at radius 2 is 2.00 bits per heavy atom. The van der Waals surface area contributed by atoms with Gasteiger partial charge in [-0.3, -0.25) is 0 Å². The van der Waals surface area contributed by atoms with Crippen LogP contribution in [-0.4, -0.2) is 4.57 Å². The fourth-order valence-corrected chi connectivity index (χ4v) is 2.62. The SMILES string of the molecule is CCCn1c(Cl)c(C#N)c2ccc(Cl)c(Cl)c21. The topological polar surface area (TPSA) is 28.7 Å². The molecule has 0 aliphatic carbocycles. The number of halogens is 3. The monoisotopic (exact) mass is 286 g/mol. The molecule has 0 fully saturated rings. The van der Waals surface area contributed by atoms with Gasteiger partial charge in [0, 0.05) is 11.9 Å². The summed E-state index contributed by atoms with van der Waals surface area (Å²) < 4.78 is 1.84. The first kappa shape index (κ1) is 12.6. The molecule has 1 heterocycles. The summed E-state index contributed by atoms with van der Waals surface area (Å²) in [7, 11) is 0. The van der Waals surface area contributed by atoms with E-state index in [0.29, 0.717) is 27.3 Å². The maximum Gasteiger partial charge on any atom is 0.128 e. The Balaban J connectivity index is 2.92. The zero-order chi connectivity index (χ0) is 12.6. The van der Waals surface area contributed by atoms with E-state index < -0.39 is 0 Å². The lowest BCUT2D eigenvalue weighted by atomic mass is 10.2. The smallest absolute Gasteiger partial charge is 0.128 e. The molecule has 2 nitrogen and oxygen atoms in total. The van der Waals surface area contributed by atoms with Gasteiger partial charge in [0.15, 0.2) is 0 Å². The molecule has 2 aromatic rings. The number of benzene rings is 1. The average Bonchev–Trinajstić information content (AvgIpc) is 2.58. The molecule has 0 amide bonds. The molecule has 0 saturated carbocycles. The summed E-state index contributed by atoms with van der Waals surface area (Å²) in [5.41, 5.74) is 1.19. The molecule has 0 atom stereocenters. The summed E-state index contributed by atoms with van der Waals surface area (Å²) in [6.07, 6.45) is 0.900. The molecule has 88 valence electrons. The molecule has 0 radical (unpaired) electrons. The summed E-state index contributed by atoms with van der Waals surface area (Å²) in [4.78, 5) is 0. The molecule has 2 rings (SSSR count). The molecular formula is C12H9Cl3N2. The highest BCUT2D eigenvalue weighted by molar-refractivity contribution is 6.45. The lowest BCUT2D eigenvalue weighted by Crippen LogP contribution is -1.96. The van der Waals surface area contributed by atoms with Gasteiger partial charge in [0.1, 0.15) is 11.2 Å². The Bertz CT molecular complexity index is 623. The lowest BCUT2D eigenvalue weighted by Gasteiger charge is -2.06. The summed E-state index contributed by atoms with van der Waals surface area (Å²) in [5.74, 6) is 0. The van der Waals surface area contributed by atoms with Crippen molar-refractivity contribution in [1.82, 2.24) is 4.57 Å². The van der Waals surface area contributed by atoms with Gasteiger partial charge in [0.25, 0.3) is 0 Å². The predicted octanol–water partition coefficient (Wildman–Crippen LogP) is 4.88. The predicted molar refractivity (Wildman–Crippen MR) is 72.0 cm³/mol. The van der Waals surface area contributed by atoms with Crippen LogP contribution in [0.25, 0.3) is 10.9 Å². The Hall–Kier alpha value is -0.880. The third-order valence-electron chi connectivity index (χ3n) is 2.61. The standard InChI is InChI=1S/C12H9Cl3N2/c1-2-5-17-11-7(8(6-16)12(17)15)3-4-9(13)10(11)14/h3-4H,2,5H2,1H3. The van der Waals surface area contributed by atoms with Crippen molar-refractivity contribution >= 4 is 45.7 Å². The number of fused-ring (bicyclic) bond motifs is 1. The number of aryl methyl sites for hydroxylation is 1. The first-order valence-electron chi connectivity index (χ1n) is 5.17. The maximum absolute atomic E-state index is 9.13. The first-order chi connectivity index (χ1) is 8.11. The third-order valence-corrected chi connectivity index (χ3v) is 3.80. The minimum atomic E-state index is 0.425. The van der Waals surface area contributed by atoms with Crippen molar-refractivity contribution in [3.8, 4) is 6.07 Å². The van der Waals surface area contributed by atoms with E-state index in [1.807, 2.05) is 11.5 Å².